The minimum absolute atomic E-state index is 0.268. The van der Waals surface area contributed by atoms with Crippen LogP contribution in [-0.2, 0) is 11.2 Å². The van der Waals surface area contributed by atoms with Gasteiger partial charge in [-0.15, -0.1) is 10.2 Å². The molecule has 5 nitrogen and oxygen atoms in total. The van der Waals surface area contributed by atoms with Crippen LogP contribution in [0.2, 0.25) is 0 Å². The molecule has 1 aromatic carbocycles. The van der Waals surface area contributed by atoms with Gasteiger partial charge in [0, 0.05) is 25.0 Å². The zero-order valence-corrected chi connectivity index (χ0v) is 12.1. The molecule has 0 fully saturated rings. The van der Waals surface area contributed by atoms with E-state index in [1.54, 1.807) is 31.0 Å². The molecule has 0 aliphatic heterocycles. The monoisotopic (exact) mass is 296 g/mol. The molecule has 2 N–H and O–H groups in total. The van der Waals surface area contributed by atoms with E-state index < -0.39 is 0 Å². The summed E-state index contributed by atoms with van der Waals surface area (Å²) in [6, 6.07) is 6.26. The van der Waals surface area contributed by atoms with E-state index in [-0.39, 0.29) is 5.82 Å². The number of benzene rings is 1. The molecule has 0 atom stereocenters. The molecule has 0 aliphatic carbocycles. The Hall–Kier alpha value is -1.44. The maximum atomic E-state index is 13.0. The smallest absolute Gasteiger partial charge is 0.195 e. The van der Waals surface area contributed by atoms with E-state index in [0.717, 1.165) is 22.4 Å². The van der Waals surface area contributed by atoms with Gasteiger partial charge in [-0.1, -0.05) is 11.8 Å². The van der Waals surface area contributed by atoms with Crippen molar-refractivity contribution in [2.45, 2.75) is 11.6 Å². The van der Waals surface area contributed by atoms with Crippen molar-refractivity contribution in [2.75, 3.05) is 26.0 Å². The van der Waals surface area contributed by atoms with Crippen LogP contribution in [0.15, 0.2) is 29.4 Å². The summed E-state index contributed by atoms with van der Waals surface area (Å²) in [4.78, 5) is 0. The number of rotatable bonds is 7. The van der Waals surface area contributed by atoms with Gasteiger partial charge < -0.3 is 10.5 Å². The van der Waals surface area contributed by atoms with Crippen molar-refractivity contribution in [1.82, 2.24) is 14.8 Å². The standard InChI is InChI=1S/C13H17FN4OS/c1-19-8-9-20-13-17-16-12(6-7-15)18(13)11-4-2-10(14)3-5-11/h2-5H,6-9,15H2,1H3. The second-order valence-electron chi connectivity index (χ2n) is 4.09. The second kappa shape index (κ2) is 7.37. The molecule has 0 bridgehead atoms. The first-order chi connectivity index (χ1) is 9.76. The van der Waals surface area contributed by atoms with E-state index >= 15 is 0 Å². The predicted molar refractivity (Wildman–Crippen MR) is 76.7 cm³/mol. The van der Waals surface area contributed by atoms with Crippen LogP contribution in [0.1, 0.15) is 5.82 Å². The van der Waals surface area contributed by atoms with Gasteiger partial charge in [-0.05, 0) is 30.8 Å². The number of hydrogen-bond donors (Lipinski definition) is 1. The zero-order valence-electron chi connectivity index (χ0n) is 11.3. The van der Waals surface area contributed by atoms with Crippen LogP contribution < -0.4 is 5.73 Å². The van der Waals surface area contributed by atoms with Gasteiger partial charge in [-0.3, -0.25) is 4.57 Å². The summed E-state index contributed by atoms with van der Waals surface area (Å²) in [6.07, 6.45) is 0.620. The highest BCUT2D eigenvalue weighted by atomic mass is 32.2. The van der Waals surface area contributed by atoms with E-state index in [2.05, 4.69) is 10.2 Å². The minimum atomic E-state index is -0.268. The lowest BCUT2D eigenvalue weighted by Gasteiger charge is -2.09. The summed E-state index contributed by atoms with van der Waals surface area (Å²) >= 11 is 1.55. The van der Waals surface area contributed by atoms with Crippen LogP contribution in [0.3, 0.4) is 0 Å². The Balaban J connectivity index is 2.30. The fourth-order valence-corrected chi connectivity index (χ4v) is 2.62. The van der Waals surface area contributed by atoms with Crippen LogP contribution in [-0.4, -0.2) is 40.8 Å². The molecule has 20 heavy (non-hydrogen) atoms. The Labute approximate surface area is 121 Å². The number of nitrogens with zero attached hydrogens (tertiary/aromatic N) is 3. The summed E-state index contributed by atoms with van der Waals surface area (Å²) < 4.78 is 20.0. The van der Waals surface area contributed by atoms with E-state index in [9.17, 15) is 4.39 Å². The predicted octanol–water partition coefficient (Wildman–Crippen LogP) is 1.65. The molecule has 0 spiro atoms. The number of ether oxygens (including phenoxy) is 1. The van der Waals surface area contributed by atoms with E-state index in [4.69, 9.17) is 10.5 Å². The van der Waals surface area contributed by atoms with Gasteiger partial charge in [0.25, 0.3) is 0 Å². The van der Waals surface area contributed by atoms with E-state index in [1.807, 2.05) is 4.57 Å². The molecule has 0 radical (unpaired) electrons. The third kappa shape index (κ3) is 3.56. The van der Waals surface area contributed by atoms with E-state index in [0.29, 0.717) is 19.6 Å². The lowest BCUT2D eigenvalue weighted by atomic mass is 10.3. The number of methoxy groups -OCH3 is 1. The highest BCUT2D eigenvalue weighted by Gasteiger charge is 2.13. The minimum Gasteiger partial charge on any atom is -0.384 e. The molecule has 0 aliphatic rings. The molecule has 1 aromatic heterocycles. The van der Waals surface area contributed by atoms with Crippen LogP contribution in [0.5, 0.6) is 0 Å². The van der Waals surface area contributed by atoms with Gasteiger partial charge in [0.1, 0.15) is 11.6 Å². The Bertz CT molecular complexity index is 544. The van der Waals surface area contributed by atoms with Crippen molar-refractivity contribution in [3.63, 3.8) is 0 Å². The maximum absolute atomic E-state index is 13.0. The van der Waals surface area contributed by atoms with Crippen LogP contribution in [0.4, 0.5) is 4.39 Å². The Morgan fingerprint density at radius 1 is 1.30 bits per heavy atom. The molecular formula is C13H17FN4OS. The normalized spacial score (nSPS) is 10.9. The first kappa shape index (κ1) is 15.0. The molecule has 108 valence electrons. The number of hydrogen-bond acceptors (Lipinski definition) is 5. The zero-order chi connectivity index (χ0) is 14.4. The lowest BCUT2D eigenvalue weighted by Crippen LogP contribution is -2.09. The average molecular weight is 296 g/mol. The van der Waals surface area contributed by atoms with Gasteiger partial charge >= 0.3 is 0 Å². The van der Waals surface area contributed by atoms with Crippen LogP contribution >= 0.6 is 11.8 Å². The molecule has 2 aromatic rings. The molecule has 1 heterocycles. The van der Waals surface area contributed by atoms with Crippen LogP contribution in [0.25, 0.3) is 5.69 Å². The van der Waals surface area contributed by atoms with Gasteiger partial charge in [0.05, 0.1) is 6.61 Å². The fourth-order valence-electron chi connectivity index (χ4n) is 1.75. The van der Waals surface area contributed by atoms with E-state index in [1.165, 1.54) is 12.1 Å². The first-order valence-electron chi connectivity index (χ1n) is 6.28. The Morgan fingerprint density at radius 2 is 2.05 bits per heavy atom. The van der Waals surface area contributed by atoms with Gasteiger partial charge in [-0.2, -0.15) is 0 Å². The quantitative estimate of drug-likeness (QED) is 0.621. The molecule has 7 heteroatoms. The summed E-state index contributed by atoms with van der Waals surface area (Å²) in [6.45, 7) is 1.12. The molecule has 2 rings (SSSR count). The summed E-state index contributed by atoms with van der Waals surface area (Å²) in [5.74, 6) is 1.29. The largest absolute Gasteiger partial charge is 0.384 e. The third-order valence-corrected chi connectivity index (χ3v) is 3.56. The van der Waals surface area contributed by atoms with Crippen LogP contribution in [0, 0.1) is 5.82 Å². The highest BCUT2D eigenvalue weighted by Crippen LogP contribution is 2.22. The summed E-state index contributed by atoms with van der Waals surface area (Å²) in [5, 5.41) is 9.10. The third-order valence-electron chi connectivity index (χ3n) is 2.67. The SMILES string of the molecule is COCCSc1nnc(CCN)n1-c1ccc(F)cc1. The molecule has 0 unspecified atom stereocenters. The van der Waals surface area contributed by atoms with Gasteiger partial charge in [0.2, 0.25) is 0 Å². The maximum Gasteiger partial charge on any atom is 0.195 e. The fraction of sp³-hybridized carbons (Fsp3) is 0.385. The van der Waals surface area contributed by atoms with Crippen molar-refractivity contribution in [1.29, 1.82) is 0 Å². The molecule has 0 amide bonds. The topological polar surface area (TPSA) is 66.0 Å². The average Bonchev–Trinajstić information content (AvgIpc) is 2.84. The van der Waals surface area contributed by atoms with Crippen molar-refractivity contribution in [3.05, 3.63) is 35.9 Å². The first-order valence-corrected chi connectivity index (χ1v) is 7.27. The Kier molecular flexibility index (Phi) is 5.51. The van der Waals surface area contributed by atoms with Crippen molar-refractivity contribution in [3.8, 4) is 5.69 Å². The highest BCUT2D eigenvalue weighted by molar-refractivity contribution is 7.99. The summed E-state index contributed by atoms with van der Waals surface area (Å²) in [5.41, 5.74) is 6.43. The Morgan fingerprint density at radius 3 is 2.70 bits per heavy atom. The van der Waals surface area contributed by atoms with Gasteiger partial charge in [-0.25, -0.2) is 4.39 Å². The number of halogens is 1. The van der Waals surface area contributed by atoms with Crippen molar-refractivity contribution >= 4 is 11.8 Å². The number of thioether (sulfide) groups is 1. The lowest BCUT2D eigenvalue weighted by molar-refractivity contribution is 0.218. The summed E-state index contributed by atoms with van der Waals surface area (Å²) in [7, 11) is 1.66. The molecular weight excluding hydrogens is 279 g/mol. The molecule has 0 saturated heterocycles. The van der Waals surface area contributed by atoms with Crippen molar-refractivity contribution in [2.24, 2.45) is 5.73 Å². The number of nitrogens with two attached hydrogens (primary N) is 1. The van der Waals surface area contributed by atoms with Gasteiger partial charge in [0.15, 0.2) is 5.16 Å². The van der Waals surface area contributed by atoms with Crippen molar-refractivity contribution < 1.29 is 9.13 Å². The number of aromatic nitrogens is 3. The molecule has 0 saturated carbocycles. The second-order valence-corrected chi connectivity index (χ2v) is 5.15.